The van der Waals surface area contributed by atoms with Crippen molar-refractivity contribution in [1.82, 2.24) is 14.9 Å². The minimum absolute atomic E-state index is 0.0577. The number of aromatic amines is 1. The van der Waals surface area contributed by atoms with Gasteiger partial charge in [0.2, 0.25) is 0 Å². The molecule has 2 aromatic heterocycles. The van der Waals surface area contributed by atoms with Crippen molar-refractivity contribution < 1.29 is 19.4 Å². The van der Waals surface area contributed by atoms with E-state index in [-0.39, 0.29) is 17.9 Å². The van der Waals surface area contributed by atoms with E-state index in [9.17, 15) is 14.7 Å². The molecule has 1 fully saturated rings. The number of amides is 1. The van der Waals surface area contributed by atoms with Gasteiger partial charge in [-0.1, -0.05) is 31.2 Å². The van der Waals surface area contributed by atoms with Crippen LogP contribution >= 0.6 is 0 Å². The molecule has 1 atom stereocenters. The van der Waals surface area contributed by atoms with Crippen molar-refractivity contribution in [1.29, 1.82) is 0 Å². The van der Waals surface area contributed by atoms with Crippen molar-refractivity contribution >= 4 is 28.4 Å². The van der Waals surface area contributed by atoms with Crippen LogP contribution in [0.1, 0.15) is 41.8 Å². The zero-order chi connectivity index (χ0) is 25.2. The normalized spacial score (nSPS) is 17.2. The molecule has 5 rings (SSSR count). The first-order valence-corrected chi connectivity index (χ1v) is 12.0. The minimum atomic E-state index is -0.778. The highest BCUT2D eigenvalue weighted by atomic mass is 16.5. The van der Waals surface area contributed by atoms with Crippen LogP contribution in [0.3, 0.4) is 0 Å². The van der Waals surface area contributed by atoms with Gasteiger partial charge in [0, 0.05) is 34.4 Å². The average molecular weight is 482 g/mol. The maximum atomic E-state index is 13.4. The van der Waals surface area contributed by atoms with Gasteiger partial charge in [-0.2, -0.15) is 0 Å². The van der Waals surface area contributed by atoms with Crippen molar-refractivity contribution in [2.24, 2.45) is 0 Å². The van der Waals surface area contributed by atoms with Gasteiger partial charge in [0.15, 0.2) is 0 Å². The predicted octanol–water partition coefficient (Wildman–Crippen LogP) is 5.28. The van der Waals surface area contributed by atoms with Crippen LogP contribution in [0.2, 0.25) is 0 Å². The van der Waals surface area contributed by atoms with E-state index in [0.29, 0.717) is 17.9 Å². The molecule has 1 aliphatic heterocycles. The molecule has 0 radical (unpaired) electrons. The van der Waals surface area contributed by atoms with E-state index in [1.165, 1.54) is 4.90 Å². The summed E-state index contributed by atoms with van der Waals surface area (Å²) in [6.45, 7) is 4.64. The fraction of sp³-hybridized carbons (Fsp3) is 0.207. The average Bonchev–Trinajstić information content (AvgIpc) is 3.42. The first-order valence-electron chi connectivity index (χ1n) is 12.0. The summed E-state index contributed by atoms with van der Waals surface area (Å²) in [5.74, 6) is -0.880. The Kier molecular flexibility index (Phi) is 6.29. The van der Waals surface area contributed by atoms with Crippen LogP contribution in [0.25, 0.3) is 16.7 Å². The Balaban J connectivity index is 1.65. The highest BCUT2D eigenvalue weighted by molar-refractivity contribution is 6.46. The number of likely N-dealkylation sites (tertiary alicyclic amines) is 1. The van der Waals surface area contributed by atoms with E-state index in [2.05, 4.69) is 9.97 Å². The largest absolute Gasteiger partial charge is 0.507 e. The summed E-state index contributed by atoms with van der Waals surface area (Å²) in [7, 11) is 0. The fourth-order valence-corrected chi connectivity index (χ4v) is 4.68. The summed E-state index contributed by atoms with van der Waals surface area (Å²) in [5, 5.41) is 12.3. The van der Waals surface area contributed by atoms with Crippen LogP contribution in [-0.2, 0) is 16.1 Å². The molecule has 36 heavy (non-hydrogen) atoms. The van der Waals surface area contributed by atoms with Crippen molar-refractivity contribution in [3.05, 3.63) is 101 Å². The van der Waals surface area contributed by atoms with Gasteiger partial charge >= 0.3 is 0 Å². The number of aliphatic hydroxyl groups excluding tert-OH is 1. The van der Waals surface area contributed by atoms with Crippen LogP contribution in [0.4, 0.5) is 0 Å². The molecule has 3 heterocycles. The first kappa shape index (κ1) is 23.4. The molecular formula is C29H27N3O4. The molecule has 7 nitrogen and oxygen atoms in total. The number of ketones is 1. The Morgan fingerprint density at radius 1 is 1.11 bits per heavy atom. The Morgan fingerprint density at radius 3 is 2.67 bits per heavy atom. The molecule has 4 aromatic rings. The van der Waals surface area contributed by atoms with Gasteiger partial charge in [0.1, 0.15) is 11.5 Å². The number of pyridine rings is 1. The van der Waals surface area contributed by atoms with Crippen LogP contribution in [-0.4, -0.2) is 38.3 Å². The summed E-state index contributed by atoms with van der Waals surface area (Å²) in [4.78, 5) is 35.8. The van der Waals surface area contributed by atoms with E-state index in [4.69, 9.17) is 4.74 Å². The third-order valence-corrected chi connectivity index (χ3v) is 6.42. The van der Waals surface area contributed by atoms with Gasteiger partial charge in [0.05, 0.1) is 30.5 Å². The van der Waals surface area contributed by atoms with E-state index < -0.39 is 17.7 Å². The number of Topliss-reactive ketones (excluding diaryl/α,β-unsaturated/α-hetero) is 1. The predicted molar refractivity (Wildman–Crippen MR) is 137 cm³/mol. The quantitative estimate of drug-likeness (QED) is 0.213. The van der Waals surface area contributed by atoms with E-state index in [1.807, 2.05) is 50.2 Å². The number of aromatic nitrogens is 2. The maximum absolute atomic E-state index is 13.4. The van der Waals surface area contributed by atoms with E-state index >= 15 is 0 Å². The fourth-order valence-electron chi connectivity index (χ4n) is 4.68. The van der Waals surface area contributed by atoms with Crippen LogP contribution in [0.5, 0.6) is 5.75 Å². The van der Waals surface area contributed by atoms with E-state index in [0.717, 1.165) is 34.2 Å². The summed E-state index contributed by atoms with van der Waals surface area (Å²) >= 11 is 0. The van der Waals surface area contributed by atoms with Gasteiger partial charge in [0.25, 0.3) is 11.7 Å². The number of H-pyrrole nitrogens is 1. The monoisotopic (exact) mass is 481 g/mol. The summed E-state index contributed by atoms with van der Waals surface area (Å²) in [6.07, 6.45) is 4.33. The topological polar surface area (TPSA) is 95.5 Å². The third-order valence-electron chi connectivity index (χ3n) is 6.42. The molecule has 1 amide bonds. The van der Waals surface area contributed by atoms with E-state index in [1.54, 1.807) is 36.7 Å². The number of nitrogens with one attached hydrogen (secondary N) is 1. The van der Waals surface area contributed by atoms with Crippen molar-refractivity contribution in [3.8, 4) is 5.75 Å². The highest BCUT2D eigenvalue weighted by Crippen LogP contribution is 2.42. The van der Waals surface area contributed by atoms with Gasteiger partial charge in [-0.15, -0.1) is 0 Å². The summed E-state index contributed by atoms with van der Waals surface area (Å²) in [6, 6.07) is 17.6. The molecule has 1 unspecified atom stereocenters. The Bertz CT molecular complexity index is 1470. The second kappa shape index (κ2) is 9.70. The smallest absolute Gasteiger partial charge is 0.296 e. The molecule has 7 heteroatoms. The second-order valence-corrected chi connectivity index (χ2v) is 8.87. The number of ether oxygens (including phenoxy) is 1. The van der Waals surface area contributed by atoms with Gasteiger partial charge < -0.3 is 19.7 Å². The van der Waals surface area contributed by atoms with Crippen LogP contribution in [0, 0.1) is 6.92 Å². The number of fused-ring (bicyclic) bond motifs is 1. The molecule has 0 spiro atoms. The van der Waals surface area contributed by atoms with Gasteiger partial charge in [-0.3, -0.25) is 14.6 Å². The van der Waals surface area contributed by atoms with Crippen LogP contribution < -0.4 is 4.74 Å². The van der Waals surface area contributed by atoms with Crippen molar-refractivity contribution in [2.45, 2.75) is 32.9 Å². The Labute approximate surface area is 209 Å². The van der Waals surface area contributed by atoms with Crippen LogP contribution in [0.15, 0.2) is 78.6 Å². The SMILES string of the molecule is CCCOc1ccc(/C(O)=C2\C(=O)C(=O)N(Cc3ccccn3)C2c2c[nH]c3ccccc23)cc1C. The summed E-state index contributed by atoms with van der Waals surface area (Å²) < 4.78 is 5.76. The standard InChI is InChI=1S/C29H27N3O4/c1-3-14-36-24-12-11-19(15-18(24)2)27(33)25-26(22-16-31-23-10-5-4-9-21(22)23)32(29(35)28(25)34)17-20-8-6-7-13-30-20/h4-13,15-16,26,31,33H,3,14,17H2,1-2H3/b27-25+. The Morgan fingerprint density at radius 2 is 1.92 bits per heavy atom. The lowest BCUT2D eigenvalue weighted by Gasteiger charge is -2.24. The lowest BCUT2D eigenvalue weighted by Crippen LogP contribution is -2.29. The van der Waals surface area contributed by atoms with Crippen molar-refractivity contribution in [2.75, 3.05) is 6.61 Å². The summed E-state index contributed by atoms with van der Waals surface area (Å²) in [5.41, 5.74) is 3.61. The van der Waals surface area contributed by atoms with Crippen molar-refractivity contribution in [3.63, 3.8) is 0 Å². The molecule has 2 aromatic carbocycles. The number of hydrogen-bond acceptors (Lipinski definition) is 5. The molecule has 1 saturated heterocycles. The highest BCUT2D eigenvalue weighted by Gasteiger charge is 2.47. The van der Waals surface area contributed by atoms with Gasteiger partial charge in [-0.05, 0) is 55.3 Å². The van der Waals surface area contributed by atoms with Gasteiger partial charge in [-0.25, -0.2) is 0 Å². The number of carbonyl (C=O) groups is 2. The third kappa shape index (κ3) is 4.13. The lowest BCUT2D eigenvalue weighted by molar-refractivity contribution is -0.140. The number of carbonyl (C=O) groups excluding carboxylic acids is 2. The number of aryl methyl sites for hydroxylation is 1. The Hall–Kier alpha value is -4.39. The molecular weight excluding hydrogens is 454 g/mol. The minimum Gasteiger partial charge on any atom is -0.507 e. The molecule has 2 N–H and O–H groups in total. The zero-order valence-corrected chi connectivity index (χ0v) is 20.2. The number of para-hydroxylation sites is 1. The molecule has 0 aliphatic carbocycles. The number of aliphatic hydroxyl groups is 1. The molecule has 1 aliphatic rings. The lowest BCUT2D eigenvalue weighted by atomic mass is 9.94. The number of hydrogen-bond donors (Lipinski definition) is 2. The molecule has 182 valence electrons. The molecule has 0 saturated carbocycles. The first-order chi connectivity index (χ1) is 17.5. The number of rotatable bonds is 7. The number of nitrogens with zero attached hydrogens (tertiary/aromatic N) is 2. The second-order valence-electron chi connectivity index (χ2n) is 8.87. The maximum Gasteiger partial charge on any atom is 0.296 e. The number of benzene rings is 2. The molecule has 0 bridgehead atoms. The zero-order valence-electron chi connectivity index (χ0n) is 20.2.